The van der Waals surface area contributed by atoms with Crippen molar-refractivity contribution in [3.05, 3.63) is 46.0 Å². The lowest BCUT2D eigenvalue weighted by Crippen LogP contribution is -2.37. The molecule has 2 aromatic rings. The number of ether oxygens (including phenoxy) is 1. The van der Waals surface area contributed by atoms with Gasteiger partial charge in [0.15, 0.2) is 0 Å². The number of carbonyl (C=O) groups excluding carboxylic acids is 1. The lowest BCUT2D eigenvalue weighted by molar-refractivity contribution is 0.0953. The number of rotatable bonds is 6. The van der Waals surface area contributed by atoms with Gasteiger partial charge in [-0.15, -0.1) is 0 Å². The fourth-order valence-electron chi connectivity index (χ4n) is 2.80. The Kier molecular flexibility index (Phi) is 6.02. The topological polar surface area (TPSA) is 101 Å². The molecular weight excluding hydrogens is 348 g/mol. The maximum absolute atomic E-state index is 12.1. The summed E-state index contributed by atoms with van der Waals surface area (Å²) in [7, 11) is 1.61. The molecule has 0 spiro atoms. The summed E-state index contributed by atoms with van der Waals surface area (Å²) in [6.45, 7) is 5.71. The van der Waals surface area contributed by atoms with Gasteiger partial charge in [-0.1, -0.05) is 0 Å². The molecule has 1 aliphatic rings. The Bertz CT molecular complexity index is 860. The van der Waals surface area contributed by atoms with Crippen LogP contribution in [-0.4, -0.2) is 59.8 Å². The normalized spacial score (nSPS) is 14.1. The van der Waals surface area contributed by atoms with Crippen molar-refractivity contribution in [3.8, 4) is 0 Å². The third kappa shape index (κ3) is 4.82. The first kappa shape index (κ1) is 18.8. The standard InChI is InChI=1S/C18H24N6O3/c1-13-12-15(24-8-10-27-11-9-24)22-18(21-13)20-6-5-19-16(25)14-4-3-7-23(2)17(14)26/h3-4,7,12H,5-6,8-11H2,1-2H3,(H,19,25)(H,20,21,22). The lowest BCUT2D eigenvalue weighted by Gasteiger charge is -2.28. The summed E-state index contributed by atoms with van der Waals surface area (Å²) in [6.07, 6.45) is 1.61. The maximum Gasteiger partial charge on any atom is 0.263 e. The van der Waals surface area contributed by atoms with Crippen LogP contribution in [0.2, 0.25) is 0 Å². The molecule has 9 nitrogen and oxygen atoms in total. The van der Waals surface area contributed by atoms with Crippen LogP contribution in [0, 0.1) is 6.92 Å². The molecule has 27 heavy (non-hydrogen) atoms. The van der Waals surface area contributed by atoms with Crippen LogP contribution in [-0.2, 0) is 11.8 Å². The van der Waals surface area contributed by atoms with Crippen molar-refractivity contribution >= 4 is 17.7 Å². The molecular formula is C18H24N6O3. The molecule has 0 unspecified atom stereocenters. The van der Waals surface area contributed by atoms with Crippen LogP contribution in [0.5, 0.6) is 0 Å². The van der Waals surface area contributed by atoms with Crippen LogP contribution in [0.4, 0.5) is 11.8 Å². The van der Waals surface area contributed by atoms with Gasteiger partial charge in [-0.25, -0.2) is 4.98 Å². The van der Waals surface area contributed by atoms with Crippen molar-refractivity contribution in [2.45, 2.75) is 6.92 Å². The summed E-state index contributed by atoms with van der Waals surface area (Å²) in [5.41, 5.74) is 0.673. The molecule has 2 aromatic heterocycles. The predicted octanol–water partition coefficient (Wildman–Crippen LogP) is 0.162. The van der Waals surface area contributed by atoms with Crippen molar-refractivity contribution in [1.29, 1.82) is 0 Å². The van der Waals surface area contributed by atoms with E-state index >= 15 is 0 Å². The first-order valence-corrected chi connectivity index (χ1v) is 8.90. The maximum atomic E-state index is 12.1. The molecule has 1 aliphatic heterocycles. The Morgan fingerprint density at radius 2 is 2.04 bits per heavy atom. The van der Waals surface area contributed by atoms with Gasteiger partial charge in [-0.3, -0.25) is 9.59 Å². The minimum absolute atomic E-state index is 0.126. The minimum atomic E-state index is -0.392. The van der Waals surface area contributed by atoms with Gasteiger partial charge in [0.05, 0.1) is 13.2 Å². The zero-order valence-corrected chi connectivity index (χ0v) is 15.6. The number of carbonyl (C=O) groups is 1. The first-order chi connectivity index (χ1) is 13.0. The first-order valence-electron chi connectivity index (χ1n) is 8.90. The highest BCUT2D eigenvalue weighted by molar-refractivity contribution is 5.93. The molecule has 0 atom stereocenters. The highest BCUT2D eigenvalue weighted by Gasteiger charge is 2.14. The van der Waals surface area contributed by atoms with Gasteiger partial charge in [0.2, 0.25) is 5.95 Å². The summed E-state index contributed by atoms with van der Waals surface area (Å²) >= 11 is 0. The number of aryl methyl sites for hydroxylation is 2. The Labute approximate surface area is 157 Å². The number of hydrogen-bond donors (Lipinski definition) is 2. The third-order valence-electron chi connectivity index (χ3n) is 4.24. The summed E-state index contributed by atoms with van der Waals surface area (Å²) in [5, 5.41) is 5.85. The van der Waals surface area contributed by atoms with E-state index in [1.165, 1.54) is 10.6 Å². The van der Waals surface area contributed by atoms with Gasteiger partial charge in [0.1, 0.15) is 11.4 Å². The number of nitrogens with one attached hydrogen (secondary N) is 2. The second-order valence-electron chi connectivity index (χ2n) is 6.31. The smallest absolute Gasteiger partial charge is 0.263 e. The largest absolute Gasteiger partial charge is 0.378 e. The lowest BCUT2D eigenvalue weighted by atomic mass is 10.2. The van der Waals surface area contributed by atoms with E-state index in [9.17, 15) is 9.59 Å². The van der Waals surface area contributed by atoms with Gasteiger partial charge in [0.25, 0.3) is 11.5 Å². The summed E-state index contributed by atoms with van der Waals surface area (Å²) < 4.78 is 6.75. The Balaban J connectivity index is 1.54. The quantitative estimate of drug-likeness (QED) is 0.697. The van der Waals surface area contributed by atoms with Crippen molar-refractivity contribution in [3.63, 3.8) is 0 Å². The van der Waals surface area contributed by atoms with Crippen LogP contribution in [0.25, 0.3) is 0 Å². The number of morpholine rings is 1. The van der Waals surface area contributed by atoms with Crippen molar-refractivity contribution in [2.24, 2.45) is 7.05 Å². The average molecular weight is 372 g/mol. The molecule has 1 saturated heterocycles. The van der Waals surface area contributed by atoms with Crippen LogP contribution in [0.1, 0.15) is 16.1 Å². The van der Waals surface area contributed by atoms with Crippen molar-refractivity contribution in [2.75, 3.05) is 49.6 Å². The molecule has 144 valence electrons. The molecule has 0 bridgehead atoms. The van der Waals surface area contributed by atoms with E-state index in [-0.39, 0.29) is 11.1 Å². The Morgan fingerprint density at radius 3 is 2.81 bits per heavy atom. The van der Waals surface area contributed by atoms with Crippen LogP contribution < -0.4 is 21.1 Å². The van der Waals surface area contributed by atoms with Gasteiger partial charge < -0.3 is 24.8 Å². The summed E-state index contributed by atoms with van der Waals surface area (Å²) in [4.78, 5) is 35.2. The van der Waals surface area contributed by atoms with Crippen LogP contribution in [0.15, 0.2) is 29.2 Å². The molecule has 0 aromatic carbocycles. The molecule has 3 rings (SSSR count). The summed E-state index contributed by atoms with van der Waals surface area (Å²) in [5.74, 6) is 0.989. The summed E-state index contributed by atoms with van der Waals surface area (Å²) in [6, 6.07) is 5.13. The van der Waals surface area contributed by atoms with Gasteiger partial charge in [-0.05, 0) is 19.1 Å². The predicted molar refractivity (Wildman–Crippen MR) is 102 cm³/mol. The highest BCUT2D eigenvalue weighted by atomic mass is 16.5. The average Bonchev–Trinajstić information content (AvgIpc) is 2.67. The van der Waals surface area contributed by atoms with E-state index in [1.807, 2.05) is 13.0 Å². The molecule has 0 aliphatic carbocycles. The molecule has 3 heterocycles. The van der Waals surface area contributed by atoms with E-state index in [1.54, 1.807) is 19.3 Å². The van der Waals surface area contributed by atoms with Gasteiger partial charge >= 0.3 is 0 Å². The number of anilines is 2. The van der Waals surface area contributed by atoms with E-state index < -0.39 is 5.91 Å². The van der Waals surface area contributed by atoms with E-state index in [0.717, 1.165) is 24.6 Å². The van der Waals surface area contributed by atoms with Crippen molar-refractivity contribution < 1.29 is 9.53 Å². The van der Waals surface area contributed by atoms with Crippen molar-refractivity contribution in [1.82, 2.24) is 19.9 Å². The zero-order chi connectivity index (χ0) is 19.2. The second-order valence-corrected chi connectivity index (χ2v) is 6.31. The van der Waals surface area contributed by atoms with E-state index in [0.29, 0.717) is 32.3 Å². The molecule has 1 amide bonds. The third-order valence-corrected chi connectivity index (χ3v) is 4.24. The SMILES string of the molecule is Cc1cc(N2CCOCC2)nc(NCCNC(=O)c2cccn(C)c2=O)n1. The monoisotopic (exact) mass is 372 g/mol. The molecule has 1 fully saturated rings. The van der Waals surface area contributed by atoms with Gasteiger partial charge in [0, 0.05) is 51.2 Å². The molecule has 0 radical (unpaired) electrons. The number of amides is 1. The molecule has 2 N–H and O–H groups in total. The Hall–Kier alpha value is -2.94. The van der Waals surface area contributed by atoms with E-state index in [2.05, 4.69) is 25.5 Å². The molecule has 9 heteroatoms. The van der Waals surface area contributed by atoms with Crippen LogP contribution in [0.3, 0.4) is 0 Å². The number of hydrogen-bond acceptors (Lipinski definition) is 7. The fraction of sp³-hybridized carbons (Fsp3) is 0.444. The fourth-order valence-corrected chi connectivity index (χ4v) is 2.80. The zero-order valence-electron chi connectivity index (χ0n) is 15.6. The second kappa shape index (κ2) is 8.63. The number of aromatic nitrogens is 3. The van der Waals surface area contributed by atoms with E-state index in [4.69, 9.17) is 4.74 Å². The van der Waals surface area contributed by atoms with Crippen LogP contribution >= 0.6 is 0 Å². The highest BCUT2D eigenvalue weighted by Crippen LogP contribution is 2.15. The van der Waals surface area contributed by atoms with Gasteiger partial charge in [-0.2, -0.15) is 4.98 Å². The number of pyridine rings is 1. The molecule has 0 saturated carbocycles. The number of nitrogens with zero attached hydrogens (tertiary/aromatic N) is 4. The Morgan fingerprint density at radius 1 is 1.26 bits per heavy atom. The minimum Gasteiger partial charge on any atom is -0.378 e.